The number of hydrogen-bond donors (Lipinski definition) is 0. The molecule has 0 unspecified atom stereocenters. The Balaban J connectivity index is 2.14. The number of tetrazole rings is 1. The third-order valence-corrected chi connectivity index (χ3v) is 3.22. The van der Waals surface area contributed by atoms with Crippen molar-refractivity contribution < 1.29 is 9.53 Å². The molecule has 7 heteroatoms. The van der Waals surface area contributed by atoms with Crippen LogP contribution in [0.3, 0.4) is 0 Å². The van der Waals surface area contributed by atoms with E-state index >= 15 is 0 Å². The van der Waals surface area contributed by atoms with E-state index < -0.39 is 5.97 Å². The van der Waals surface area contributed by atoms with Crippen LogP contribution in [0, 0.1) is 0 Å². The Kier molecular flexibility index (Phi) is 4.51. The van der Waals surface area contributed by atoms with Crippen molar-refractivity contribution in [3.8, 4) is 0 Å². The van der Waals surface area contributed by atoms with Gasteiger partial charge in [0.1, 0.15) is 0 Å². The van der Waals surface area contributed by atoms with Crippen LogP contribution in [0.4, 0.5) is 0 Å². The lowest BCUT2D eigenvalue weighted by molar-refractivity contribution is 0.0505. The second kappa shape index (κ2) is 6.33. The van der Waals surface area contributed by atoms with Crippen molar-refractivity contribution >= 4 is 17.7 Å². The molecule has 0 aliphatic heterocycles. The molecule has 0 radical (unpaired) electrons. The van der Waals surface area contributed by atoms with Crippen LogP contribution in [0.5, 0.6) is 0 Å². The van der Waals surface area contributed by atoms with Crippen molar-refractivity contribution in [3.63, 3.8) is 0 Å². The van der Waals surface area contributed by atoms with Gasteiger partial charge in [-0.15, -0.1) is 16.9 Å². The van der Waals surface area contributed by atoms with E-state index in [0.29, 0.717) is 13.2 Å². The molecule has 0 aliphatic carbocycles. The highest BCUT2D eigenvalue weighted by molar-refractivity contribution is 7.98. The number of hydrogen-bond acceptors (Lipinski definition) is 6. The maximum absolute atomic E-state index is 11.6. The van der Waals surface area contributed by atoms with E-state index in [9.17, 15) is 4.79 Å². The lowest BCUT2D eigenvalue weighted by atomic mass is 10.2. The number of carbonyl (C=O) groups excluding carboxylic acids is 1. The fourth-order valence-electron chi connectivity index (χ4n) is 1.56. The van der Waals surface area contributed by atoms with Crippen LogP contribution in [0.15, 0.2) is 29.2 Å². The SMILES string of the molecule is CCOC(=O)c1nnnn1Cc1ccc(SC)cc1. The molecule has 1 aromatic carbocycles. The van der Waals surface area contributed by atoms with Gasteiger partial charge in [0.25, 0.3) is 5.82 Å². The molecule has 0 N–H and O–H groups in total. The van der Waals surface area contributed by atoms with Gasteiger partial charge >= 0.3 is 5.97 Å². The smallest absolute Gasteiger partial charge is 0.378 e. The minimum Gasteiger partial charge on any atom is -0.460 e. The molecule has 2 rings (SSSR count). The standard InChI is InChI=1S/C12H14N4O2S/c1-3-18-12(17)11-13-14-15-16(11)8-9-4-6-10(19-2)7-5-9/h4-7H,3,8H2,1-2H3. The monoisotopic (exact) mass is 278 g/mol. The molecule has 0 spiro atoms. The van der Waals surface area contributed by atoms with Gasteiger partial charge in [-0.1, -0.05) is 12.1 Å². The maximum Gasteiger partial charge on any atom is 0.378 e. The van der Waals surface area contributed by atoms with E-state index in [1.54, 1.807) is 18.7 Å². The third-order valence-electron chi connectivity index (χ3n) is 2.48. The first-order valence-electron chi connectivity index (χ1n) is 5.80. The van der Waals surface area contributed by atoms with Crippen molar-refractivity contribution in [2.45, 2.75) is 18.4 Å². The Hall–Kier alpha value is -1.89. The molecule has 100 valence electrons. The zero-order valence-electron chi connectivity index (χ0n) is 10.7. The molecular formula is C12H14N4O2S. The summed E-state index contributed by atoms with van der Waals surface area (Å²) in [7, 11) is 0. The summed E-state index contributed by atoms with van der Waals surface area (Å²) in [6.45, 7) is 2.48. The lowest BCUT2D eigenvalue weighted by Gasteiger charge is -2.05. The van der Waals surface area contributed by atoms with Crippen molar-refractivity contribution in [1.82, 2.24) is 20.2 Å². The van der Waals surface area contributed by atoms with Gasteiger partial charge in [0.15, 0.2) is 0 Å². The van der Waals surface area contributed by atoms with Gasteiger partial charge < -0.3 is 4.74 Å². The molecule has 0 saturated heterocycles. The first-order chi connectivity index (χ1) is 9.24. The summed E-state index contributed by atoms with van der Waals surface area (Å²) in [5, 5.41) is 11.0. The van der Waals surface area contributed by atoms with E-state index in [4.69, 9.17) is 4.74 Å². The van der Waals surface area contributed by atoms with Crippen molar-refractivity contribution in [3.05, 3.63) is 35.7 Å². The summed E-state index contributed by atoms with van der Waals surface area (Å²) >= 11 is 1.68. The molecule has 0 aliphatic rings. The van der Waals surface area contributed by atoms with Crippen molar-refractivity contribution in [1.29, 1.82) is 0 Å². The summed E-state index contributed by atoms with van der Waals surface area (Å²) in [6.07, 6.45) is 2.02. The quantitative estimate of drug-likeness (QED) is 0.611. The second-order valence-electron chi connectivity index (χ2n) is 3.73. The number of benzene rings is 1. The minimum absolute atomic E-state index is 0.121. The normalized spacial score (nSPS) is 10.4. The zero-order valence-corrected chi connectivity index (χ0v) is 11.6. The molecule has 0 saturated carbocycles. The second-order valence-corrected chi connectivity index (χ2v) is 4.61. The number of rotatable bonds is 5. The lowest BCUT2D eigenvalue weighted by Crippen LogP contribution is -2.15. The van der Waals surface area contributed by atoms with E-state index in [-0.39, 0.29) is 5.82 Å². The van der Waals surface area contributed by atoms with E-state index in [2.05, 4.69) is 15.5 Å². The van der Waals surface area contributed by atoms with Gasteiger partial charge in [0.05, 0.1) is 13.2 Å². The average Bonchev–Trinajstić information content (AvgIpc) is 2.88. The number of esters is 1. The van der Waals surface area contributed by atoms with Crippen LogP contribution < -0.4 is 0 Å². The Labute approximate surface area is 115 Å². The molecule has 2 aromatic rings. The molecule has 0 fully saturated rings. The summed E-state index contributed by atoms with van der Waals surface area (Å²) in [6, 6.07) is 8.02. The predicted molar refractivity (Wildman–Crippen MR) is 71.1 cm³/mol. The van der Waals surface area contributed by atoms with Gasteiger partial charge in [-0.25, -0.2) is 9.48 Å². The fraction of sp³-hybridized carbons (Fsp3) is 0.333. The third kappa shape index (κ3) is 3.31. The highest BCUT2D eigenvalue weighted by Gasteiger charge is 2.16. The van der Waals surface area contributed by atoms with E-state index in [0.717, 1.165) is 5.56 Å². The van der Waals surface area contributed by atoms with Crippen LogP contribution in [-0.2, 0) is 11.3 Å². The van der Waals surface area contributed by atoms with E-state index in [1.807, 2.05) is 30.5 Å². The van der Waals surface area contributed by atoms with Crippen molar-refractivity contribution in [2.75, 3.05) is 12.9 Å². The molecular weight excluding hydrogens is 264 g/mol. The largest absolute Gasteiger partial charge is 0.460 e. The number of carbonyl (C=O) groups is 1. The van der Waals surface area contributed by atoms with Crippen LogP contribution >= 0.6 is 11.8 Å². The molecule has 0 bridgehead atoms. The van der Waals surface area contributed by atoms with Gasteiger partial charge in [-0.3, -0.25) is 0 Å². The fourth-order valence-corrected chi connectivity index (χ4v) is 1.97. The summed E-state index contributed by atoms with van der Waals surface area (Å²) in [5.74, 6) is -0.385. The molecule has 6 nitrogen and oxygen atoms in total. The maximum atomic E-state index is 11.6. The highest BCUT2D eigenvalue weighted by Crippen LogP contribution is 2.15. The van der Waals surface area contributed by atoms with Gasteiger partial charge in [0.2, 0.25) is 0 Å². The zero-order chi connectivity index (χ0) is 13.7. The van der Waals surface area contributed by atoms with Gasteiger partial charge in [-0.2, -0.15) is 0 Å². The van der Waals surface area contributed by atoms with Crippen LogP contribution in [0.25, 0.3) is 0 Å². The van der Waals surface area contributed by atoms with E-state index in [1.165, 1.54) is 9.58 Å². The topological polar surface area (TPSA) is 69.9 Å². The predicted octanol–water partition coefficient (Wildman–Crippen LogP) is 1.62. The molecule has 1 heterocycles. The van der Waals surface area contributed by atoms with Crippen LogP contribution in [0.1, 0.15) is 23.1 Å². The molecule has 0 atom stereocenters. The van der Waals surface area contributed by atoms with Crippen LogP contribution in [0.2, 0.25) is 0 Å². The van der Waals surface area contributed by atoms with Crippen LogP contribution in [-0.4, -0.2) is 39.0 Å². The summed E-state index contributed by atoms with van der Waals surface area (Å²) < 4.78 is 6.33. The molecule has 1 aromatic heterocycles. The Morgan fingerprint density at radius 3 is 2.74 bits per heavy atom. The van der Waals surface area contributed by atoms with Gasteiger partial charge in [-0.05, 0) is 41.3 Å². The summed E-state index contributed by atoms with van der Waals surface area (Å²) in [4.78, 5) is 12.8. The minimum atomic E-state index is -0.506. The average molecular weight is 278 g/mol. The molecule has 19 heavy (non-hydrogen) atoms. The highest BCUT2D eigenvalue weighted by atomic mass is 32.2. The Morgan fingerprint density at radius 2 is 2.11 bits per heavy atom. The van der Waals surface area contributed by atoms with Gasteiger partial charge in [0, 0.05) is 4.90 Å². The van der Waals surface area contributed by atoms with Crippen molar-refractivity contribution in [2.24, 2.45) is 0 Å². The Morgan fingerprint density at radius 1 is 1.37 bits per heavy atom. The number of aromatic nitrogens is 4. The number of nitrogens with zero attached hydrogens (tertiary/aromatic N) is 4. The first-order valence-corrected chi connectivity index (χ1v) is 7.03. The summed E-state index contributed by atoms with van der Waals surface area (Å²) in [5.41, 5.74) is 1.02. The molecule has 0 amide bonds. The number of ether oxygens (including phenoxy) is 1. The number of thioether (sulfide) groups is 1. The Bertz CT molecular complexity index is 553. The first kappa shape index (κ1) is 13.5.